The second-order valence-corrected chi connectivity index (χ2v) is 5.44. The average molecular weight is 373 g/mol. The molecular weight excluding hydrogens is 350 g/mol. The molecule has 3 N–H and O–H groups in total. The Balaban J connectivity index is 1.80. The molecule has 2 aromatic carbocycles. The second-order valence-electron chi connectivity index (χ2n) is 5.44. The fraction of sp³-hybridized carbons (Fsp3) is 0.263. The highest BCUT2D eigenvalue weighted by molar-refractivity contribution is 5.91. The number of para-hydroxylation sites is 2. The van der Waals surface area contributed by atoms with Crippen LogP contribution in [0.5, 0.6) is 17.2 Å². The van der Waals surface area contributed by atoms with E-state index >= 15 is 0 Å². The topological polar surface area (TPSA) is 97.9 Å². The van der Waals surface area contributed by atoms with E-state index in [0.29, 0.717) is 29.5 Å². The van der Waals surface area contributed by atoms with Gasteiger partial charge in [-0.25, -0.2) is 10.2 Å². The highest BCUT2D eigenvalue weighted by Gasteiger charge is 2.17. The van der Waals surface area contributed by atoms with Crippen molar-refractivity contribution in [2.75, 3.05) is 19.0 Å². The highest BCUT2D eigenvalue weighted by Crippen LogP contribution is 2.26. The Hall–Kier alpha value is -3.42. The van der Waals surface area contributed by atoms with Crippen molar-refractivity contribution < 1.29 is 23.8 Å². The number of hydrogen-bond acceptors (Lipinski definition) is 5. The van der Waals surface area contributed by atoms with Crippen LogP contribution in [0.4, 0.5) is 10.5 Å². The van der Waals surface area contributed by atoms with Crippen molar-refractivity contribution in [2.45, 2.75) is 20.0 Å². The van der Waals surface area contributed by atoms with Crippen LogP contribution in [0.1, 0.15) is 13.8 Å². The largest absolute Gasteiger partial charge is 0.494 e. The number of methoxy groups -OCH3 is 1. The summed E-state index contributed by atoms with van der Waals surface area (Å²) in [4.78, 5) is 24.0. The van der Waals surface area contributed by atoms with Gasteiger partial charge in [-0.05, 0) is 50.2 Å². The second kappa shape index (κ2) is 9.91. The average Bonchev–Trinajstić information content (AvgIpc) is 2.68. The van der Waals surface area contributed by atoms with Crippen LogP contribution in [-0.4, -0.2) is 31.8 Å². The molecular formula is C19H23N3O5. The summed E-state index contributed by atoms with van der Waals surface area (Å²) in [6.45, 7) is 4.02. The predicted octanol–water partition coefficient (Wildman–Crippen LogP) is 2.71. The maximum absolute atomic E-state index is 12.1. The number of carbonyl (C=O) groups excluding carboxylic acids is 2. The Kier molecular flexibility index (Phi) is 7.30. The van der Waals surface area contributed by atoms with E-state index in [4.69, 9.17) is 14.2 Å². The molecule has 0 bridgehead atoms. The molecule has 8 nitrogen and oxygen atoms in total. The van der Waals surface area contributed by atoms with E-state index < -0.39 is 18.0 Å². The molecule has 0 aliphatic carbocycles. The molecule has 0 heterocycles. The molecule has 8 heteroatoms. The number of urea groups is 1. The van der Waals surface area contributed by atoms with Crippen LogP contribution in [0, 0.1) is 0 Å². The number of benzene rings is 2. The van der Waals surface area contributed by atoms with Crippen LogP contribution in [0.2, 0.25) is 0 Å². The standard InChI is InChI=1S/C19H23N3O5/c1-4-26-15-11-9-14(10-12-15)20-19(24)22-21-18(23)13(2)27-17-8-6-5-7-16(17)25-3/h5-13H,4H2,1-3H3,(H,21,23)(H2,20,22,24)/t13-/m1/s1. The minimum Gasteiger partial charge on any atom is -0.494 e. The van der Waals surface area contributed by atoms with Crippen molar-refractivity contribution in [3.8, 4) is 17.2 Å². The van der Waals surface area contributed by atoms with E-state index in [1.807, 2.05) is 6.92 Å². The first-order chi connectivity index (χ1) is 13.0. The molecule has 0 aromatic heterocycles. The van der Waals surface area contributed by atoms with Gasteiger partial charge in [-0.1, -0.05) is 12.1 Å². The van der Waals surface area contributed by atoms with Crippen LogP contribution in [0.15, 0.2) is 48.5 Å². The minimum absolute atomic E-state index is 0.432. The van der Waals surface area contributed by atoms with Crippen LogP contribution >= 0.6 is 0 Å². The molecule has 2 aromatic rings. The van der Waals surface area contributed by atoms with Gasteiger partial charge in [0.05, 0.1) is 13.7 Å². The third kappa shape index (κ3) is 6.10. The SMILES string of the molecule is CCOc1ccc(NC(=O)NNC(=O)[C@@H](C)Oc2ccccc2OC)cc1. The van der Waals surface area contributed by atoms with E-state index in [1.54, 1.807) is 55.5 Å². The van der Waals surface area contributed by atoms with Crippen molar-refractivity contribution in [3.05, 3.63) is 48.5 Å². The van der Waals surface area contributed by atoms with Crippen LogP contribution in [-0.2, 0) is 4.79 Å². The zero-order valence-electron chi connectivity index (χ0n) is 15.4. The molecule has 144 valence electrons. The van der Waals surface area contributed by atoms with Crippen molar-refractivity contribution in [2.24, 2.45) is 0 Å². The fourth-order valence-corrected chi connectivity index (χ4v) is 2.14. The van der Waals surface area contributed by atoms with Crippen LogP contribution < -0.4 is 30.4 Å². The number of hydrogen-bond donors (Lipinski definition) is 3. The predicted molar refractivity (Wildman–Crippen MR) is 101 cm³/mol. The van der Waals surface area contributed by atoms with Crippen molar-refractivity contribution in [1.29, 1.82) is 0 Å². The molecule has 0 saturated heterocycles. The Morgan fingerprint density at radius 1 is 1.00 bits per heavy atom. The maximum Gasteiger partial charge on any atom is 0.337 e. The molecule has 0 radical (unpaired) electrons. The summed E-state index contributed by atoms with van der Waals surface area (Å²) in [6, 6.07) is 13.3. The van der Waals surface area contributed by atoms with Gasteiger partial charge in [0.2, 0.25) is 0 Å². The lowest BCUT2D eigenvalue weighted by atomic mass is 10.3. The smallest absolute Gasteiger partial charge is 0.337 e. The summed E-state index contributed by atoms with van der Waals surface area (Å²) < 4.78 is 16.1. The molecule has 0 saturated carbocycles. The van der Waals surface area contributed by atoms with Gasteiger partial charge in [0.1, 0.15) is 5.75 Å². The van der Waals surface area contributed by atoms with Gasteiger partial charge in [0.15, 0.2) is 17.6 Å². The summed E-state index contributed by atoms with van der Waals surface area (Å²) in [5.74, 6) is 1.14. The first-order valence-electron chi connectivity index (χ1n) is 8.43. The third-order valence-corrected chi connectivity index (χ3v) is 3.46. The highest BCUT2D eigenvalue weighted by atomic mass is 16.5. The number of anilines is 1. The van der Waals surface area contributed by atoms with Gasteiger partial charge in [0, 0.05) is 5.69 Å². The van der Waals surface area contributed by atoms with Crippen molar-refractivity contribution in [3.63, 3.8) is 0 Å². The van der Waals surface area contributed by atoms with Gasteiger partial charge >= 0.3 is 6.03 Å². The number of amides is 3. The van der Waals surface area contributed by atoms with E-state index in [2.05, 4.69) is 16.2 Å². The number of nitrogens with one attached hydrogen (secondary N) is 3. The lowest BCUT2D eigenvalue weighted by Gasteiger charge is -2.17. The van der Waals surface area contributed by atoms with E-state index in [0.717, 1.165) is 0 Å². The van der Waals surface area contributed by atoms with Gasteiger partial charge in [-0.15, -0.1) is 0 Å². The maximum atomic E-state index is 12.1. The lowest BCUT2D eigenvalue weighted by molar-refractivity contribution is -0.128. The van der Waals surface area contributed by atoms with Gasteiger partial charge in [-0.2, -0.15) is 0 Å². The molecule has 0 fully saturated rings. The number of ether oxygens (including phenoxy) is 3. The molecule has 3 amide bonds. The van der Waals surface area contributed by atoms with E-state index in [-0.39, 0.29) is 0 Å². The summed E-state index contributed by atoms with van der Waals surface area (Å²) in [5, 5.41) is 2.59. The number of carbonyl (C=O) groups is 2. The molecule has 27 heavy (non-hydrogen) atoms. The first kappa shape index (κ1) is 19.9. The normalized spacial score (nSPS) is 11.1. The van der Waals surface area contributed by atoms with Gasteiger partial charge < -0.3 is 19.5 Å². The quantitative estimate of drug-likeness (QED) is 0.648. The molecule has 0 unspecified atom stereocenters. The van der Waals surface area contributed by atoms with Crippen molar-refractivity contribution >= 4 is 17.6 Å². The summed E-state index contributed by atoms with van der Waals surface area (Å²) in [7, 11) is 1.51. The number of rotatable bonds is 7. The summed E-state index contributed by atoms with van der Waals surface area (Å²) in [6.07, 6.45) is -0.841. The van der Waals surface area contributed by atoms with Crippen molar-refractivity contribution in [1.82, 2.24) is 10.9 Å². The first-order valence-corrected chi connectivity index (χ1v) is 8.43. The van der Waals surface area contributed by atoms with E-state index in [9.17, 15) is 9.59 Å². The third-order valence-electron chi connectivity index (χ3n) is 3.46. The van der Waals surface area contributed by atoms with E-state index in [1.165, 1.54) is 7.11 Å². The monoisotopic (exact) mass is 373 g/mol. The zero-order chi connectivity index (χ0) is 19.6. The summed E-state index contributed by atoms with van der Waals surface area (Å²) in [5.41, 5.74) is 5.13. The zero-order valence-corrected chi connectivity index (χ0v) is 15.4. The minimum atomic E-state index is -0.841. The Morgan fingerprint density at radius 2 is 1.67 bits per heavy atom. The molecule has 0 spiro atoms. The molecule has 1 atom stereocenters. The number of hydrazine groups is 1. The summed E-state index contributed by atoms with van der Waals surface area (Å²) >= 11 is 0. The molecule has 0 aliphatic rings. The Labute approximate surface area is 157 Å². The lowest BCUT2D eigenvalue weighted by Crippen LogP contribution is -2.48. The van der Waals surface area contributed by atoms with Gasteiger partial charge in [0.25, 0.3) is 5.91 Å². The Morgan fingerprint density at radius 3 is 2.30 bits per heavy atom. The molecule has 2 rings (SSSR count). The Bertz CT molecular complexity index is 764. The fourth-order valence-electron chi connectivity index (χ4n) is 2.14. The van der Waals surface area contributed by atoms with Crippen LogP contribution in [0.3, 0.4) is 0 Å². The van der Waals surface area contributed by atoms with Gasteiger partial charge in [-0.3, -0.25) is 10.2 Å². The molecule has 0 aliphatic heterocycles. The van der Waals surface area contributed by atoms with Crippen LogP contribution in [0.25, 0.3) is 0 Å².